The number of hydrogen-bond acceptors (Lipinski definition) is 3. The Morgan fingerprint density at radius 3 is 1.43 bits per heavy atom. The molecule has 0 aliphatic heterocycles. The van der Waals surface area contributed by atoms with E-state index in [2.05, 4.69) is 30.2 Å². The van der Waals surface area contributed by atoms with Gasteiger partial charge in [-0.3, -0.25) is 0 Å². The molecule has 0 aromatic heterocycles. The van der Waals surface area contributed by atoms with Crippen molar-refractivity contribution in [1.82, 2.24) is 0 Å². The number of benzene rings is 3. The van der Waals surface area contributed by atoms with Crippen molar-refractivity contribution < 1.29 is 25.8 Å². The number of hydrogen-bond donors (Lipinski definition) is 0. The van der Waals surface area contributed by atoms with Gasteiger partial charge in [0.1, 0.15) is 5.75 Å². The monoisotopic (exact) mass is 574 g/mol. The van der Waals surface area contributed by atoms with Crippen LogP contribution < -0.4 is 4.18 Å². The molecule has 3 aromatic carbocycles. The third-order valence-electron chi connectivity index (χ3n) is 6.97. The molecule has 3 nitrogen and oxygen atoms in total. The molecule has 218 valence electrons. The van der Waals surface area contributed by atoms with Crippen LogP contribution in [0.25, 0.3) is 22.3 Å². The molecule has 3 rings (SSSR count). The number of rotatable bonds is 14. The maximum absolute atomic E-state index is 13.2. The van der Waals surface area contributed by atoms with Crippen molar-refractivity contribution in [2.24, 2.45) is 0 Å². The molecule has 0 unspecified atom stereocenters. The molecule has 0 saturated heterocycles. The fourth-order valence-electron chi connectivity index (χ4n) is 5.01. The highest BCUT2D eigenvalue weighted by molar-refractivity contribution is 7.88. The molecule has 0 saturated carbocycles. The van der Waals surface area contributed by atoms with Gasteiger partial charge < -0.3 is 4.18 Å². The van der Waals surface area contributed by atoms with E-state index in [-0.39, 0.29) is 5.75 Å². The Morgan fingerprint density at radius 2 is 1.02 bits per heavy atom. The summed E-state index contributed by atoms with van der Waals surface area (Å²) in [6.45, 7) is 8.31. The first kappa shape index (κ1) is 31.7. The van der Waals surface area contributed by atoms with Crippen LogP contribution >= 0.6 is 0 Å². The van der Waals surface area contributed by atoms with Crippen molar-refractivity contribution in [3.63, 3.8) is 0 Å². The van der Waals surface area contributed by atoms with Crippen molar-refractivity contribution in [1.29, 1.82) is 0 Å². The van der Waals surface area contributed by atoms with Gasteiger partial charge in [0, 0.05) is 0 Å². The van der Waals surface area contributed by atoms with Gasteiger partial charge in [0.25, 0.3) is 0 Å². The van der Waals surface area contributed by atoms with Gasteiger partial charge in [-0.25, -0.2) is 0 Å². The van der Waals surface area contributed by atoms with Crippen LogP contribution in [0.1, 0.15) is 87.5 Å². The molecule has 3 aromatic rings. The third kappa shape index (κ3) is 9.12. The average Bonchev–Trinajstić information content (AvgIpc) is 2.87. The highest BCUT2D eigenvalue weighted by Crippen LogP contribution is 2.36. The molecule has 0 radical (unpaired) electrons. The largest absolute Gasteiger partial charge is 0.534 e. The maximum atomic E-state index is 13.2. The highest BCUT2D eigenvalue weighted by atomic mass is 32.2. The fourth-order valence-corrected chi connectivity index (χ4v) is 5.46. The predicted octanol–water partition coefficient (Wildman–Crippen LogP) is 10.1. The minimum absolute atomic E-state index is 0.359. The normalized spacial score (nSPS) is 12.1. The van der Waals surface area contributed by atoms with E-state index in [9.17, 15) is 21.6 Å². The first-order valence-electron chi connectivity index (χ1n) is 14.3. The van der Waals surface area contributed by atoms with Gasteiger partial charge in [0.05, 0.1) is 0 Å². The molecule has 0 heterocycles. The number of halogens is 3. The van der Waals surface area contributed by atoms with Crippen molar-refractivity contribution in [2.45, 2.75) is 97.4 Å². The van der Waals surface area contributed by atoms with Gasteiger partial charge in [0.15, 0.2) is 0 Å². The minimum atomic E-state index is -5.82. The van der Waals surface area contributed by atoms with Crippen LogP contribution in [0.5, 0.6) is 5.75 Å². The molecule has 0 bridgehead atoms. The minimum Gasteiger partial charge on any atom is -0.376 e. The molecule has 7 heteroatoms. The number of aryl methyl sites for hydroxylation is 4. The van der Waals surface area contributed by atoms with Crippen LogP contribution in [0.2, 0.25) is 0 Å². The lowest BCUT2D eigenvalue weighted by Crippen LogP contribution is -2.28. The molecule has 0 amide bonds. The summed E-state index contributed by atoms with van der Waals surface area (Å²) in [6, 6.07) is 16.9. The summed E-state index contributed by atoms with van der Waals surface area (Å²) >= 11 is 0. The molecule has 0 aliphatic carbocycles. The Morgan fingerprint density at radius 1 is 0.600 bits per heavy atom. The van der Waals surface area contributed by atoms with Gasteiger partial charge >= 0.3 is 15.6 Å². The lowest BCUT2D eigenvalue weighted by Gasteiger charge is -2.15. The zero-order chi connectivity index (χ0) is 29.3. The second-order valence-corrected chi connectivity index (χ2v) is 12.3. The Kier molecular flexibility index (Phi) is 11.3. The smallest absolute Gasteiger partial charge is 0.376 e. The molecule has 0 spiro atoms. The quantitative estimate of drug-likeness (QED) is 0.109. The predicted molar refractivity (Wildman–Crippen MR) is 158 cm³/mol. The van der Waals surface area contributed by atoms with E-state index in [1.165, 1.54) is 25.0 Å². The third-order valence-corrected chi connectivity index (χ3v) is 7.95. The Balaban J connectivity index is 2.07. The van der Waals surface area contributed by atoms with Gasteiger partial charge in [-0.2, -0.15) is 21.6 Å². The summed E-state index contributed by atoms with van der Waals surface area (Å²) in [7, 11) is -5.82. The fraction of sp³-hybridized carbons (Fsp3) is 0.455. The van der Waals surface area contributed by atoms with Crippen LogP contribution in [0, 0.1) is 13.8 Å². The molecular weight excluding hydrogens is 533 g/mol. The van der Waals surface area contributed by atoms with Crippen molar-refractivity contribution in [2.75, 3.05) is 0 Å². The number of alkyl halides is 3. The molecule has 0 N–H and O–H groups in total. The Hall–Kier alpha value is -2.80. The summed E-state index contributed by atoms with van der Waals surface area (Å²) in [5, 5.41) is 0. The van der Waals surface area contributed by atoms with Crippen LogP contribution in [-0.4, -0.2) is 13.9 Å². The topological polar surface area (TPSA) is 43.4 Å². The molecule has 0 atom stereocenters. The number of unbranched alkanes of at least 4 members (excludes halogenated alkanes) is 6. The van der Waals surface area contributed by atoms with Crippen molar-refractivity contribution >= 4 is 10.1 Å². The highest BCUT2D eigenvalue weighted by Gasteiger charge is 2.48. The first-order valence-corrected chi connectivity index (χ1v) is 15.7. The van der Waals surface area contributed by atoms with E-state index >= 15 is 0 Å². The van der Waals surface area contributed by atoms with E-state index < -0.39 is 15.6 Å². The Labute approximate surface area is 237 Å². The van der Waals surface area contributed by atoms with Gasteiger partial charge in [0.2, 0.25) is 0 Å². The van der Waals surface area contributed by atoms with E-state index in [1.54, 1.807) is 0 Å². The Bertz CT molecular complexity index is 1300. The molecule has 0 aliphatic rings. The summed E-state index contributed by atoms with van der Waals surface area (Å²) < 4.78 is 68.1. The van der Waals surface area contributed by atoms with E-state index in [4.69, 9.17) is 0 Å². The van der Waals surface area contributed by atoms with Crippen molar-refractivity contribution in [3.8, 4) is 28.0 Å². The average molecular weight is 575 g/mol. The summed E-state index contributed by atoms with van der Waals surface area (Å²) in [5.41, 5.74) is 1.67. The zero-order valence-corrected chi connectivity index (χ0v) is 24.9. The summed E-state index contributed by atoms with van der Waals surface area (Å²) in [5.74, 6) is -0.359. The molecule has 0 fully saturated rings. The SMILES string of the molecule is CCCCCCc1cc(C)cc(-c2cc(OS(=O)(=O)C(F)(F)F)cc(-c3cc(C)cc(CCCCCC)c3)c2)c1. The van der Waals surface area contributed by atoms with E-state index in [0.717, 1.165) is 84.7 Å². The van der Waals surface area contributed by atoms with Crippen LogP contribution in [-0.2, 0) is 23.0 Å². The summed E-state index contributed by atoms with van der Waals surface area (Å²) in [6.07, 6.45) is 10.8. The van der Waals surface area contributed by atoms with E-state index in [0.29, 0.717) is 11.1 Å². The van der Waals surface area contributed by atoms with Crippen LogP contribution in [0.15, 0.2) is 54.6 Å². The van der Waals surface area contributed by atoms with Gasteiger partial charge in [-0.05, 0) is 91.1 Å². The summed E-state index contributed by atoms with van der Waals surface area (Å²) in [4.78, 5) is 0. The van der Waals surface area contributed by atoms with Gasteiger partial charge in [-0.15, -0.1) is 0 Å². The van der Waals surface area contributed by atoms with Crippen LogP contribution in [0.4, 0.5) is 13.2 Å². The standard InChI is InChI=1S/C33H41F3O3S/c1-5-7-9-11-13-26-15-24(3)17-28(19-26)30-21-31(23-32(22-30)39-40(37,38)33(34,35)36)29-18-25(4)16-27(20-29)14-12-10-8-6-2/h15-23H,5-14H2,1-4H3. The second kappa shape index (κ2) is 14.2. The molecule has 40 heavy (non-hydrogen) atoms. The maximum Gasteiger partial charge on any atom is 0.534 e. The van der Waals surface area contributed by atoms with Crippen LogP contribution in [0.3, 0.4) is 0 Å². The first-order chi connectivity index (χ1) is 18.9. The zero-order valence-electron chi connectivity index (χ0n) is 24.0. The van der Waals surface area contributed by atoms with Crippen molar-refractivity contribution in [3.05, 3.63) is 76.9 Å². The lowest BCUT2D eigenvalue weighted by molar-refractivity contribution is -0.0500. The van der Waals surface area contributed by atoms with Gasteiger partial charge in [-0.1, -0.05) is 99.9 Å². The molecular formula is C33H41F3O3S. The van der Waals surface area contributed by atoms with E-state index in [1.807, 2.05) is 44.2 Å². The lowest BCUT2D eigenvalue weighted by atomic mass is 9.93. The second-order valence-electron chi connectivity index (χ2n) is 10.8.